The molecule has 3 heterocycles. The molecule has 0 aliphatic heterocycles. The van der Waals surface area contributed by atoms with E-state index in [1.54, 1.807) is 0 Å². The zero-order valence-electron chi connectivity index (χ0n) is 33.5. The molecular weight excluding hydrogens is 757 g/mol. The van der Waals surface area contributed by atoms with Crippen LogP contribution in [0.3, 0.4) is 0 Å². The van der Waals surface area contributed by atoms with Crippen molar-refractivity contribution in [2.45, 2.75) is 0 Å². The van der Waals surface area contributed by atoms with E-state index in [9.17, 15) is 0 Å². The molecule has 0 N–H and O–H groups in total. The Hall–Kier alpha value is -8.41. The third-order valence-electron chi connectivity index (χ3n) is 11.9. The quantitative estimate of drug-likeness (QED) is 0.161. The predicted molar refractivity (Wildman–Crippen MR) is 254 cm³/mol. The van der Waals surface area contributed by atoms with Gasteiger partial charge in [-0.05, 0) is 100 Å². The molecule has 0 bridgehead atoms. The molecule has 9 aromatic carbocycles. The summed E-state index contributed by atoms with van der Waals surface area (Å²) in [5, 5.41) is 4.62. The highest BCUT2D eigenvalue weighted by atomic mass is 16.3. The largest absolute Gasteiger partial charge is 0.456 e. The minimum absolute atomic E-state index is 0.619. The van der Waals surface area contributed by atoms with Crippen LogP contribution in [0, 0.1) is 0 Å². The van der Waals surface area contributed by atoms with Gasteiger partial charge >= 0.3 is 0 Å². The van der Waals surface area contributed by atoms with E-state index in [0.717, 1.165) is 77.6 Å². The standard InChI is InChI=1S/C57H36N4O/c1-4-13-37(14-5-1)41-19-12-20-45(33-41)57-59-55(39-17-8-3-9-18-39)58-56(60-57)40-23-28-46(29-24-40)61-51-22-11-10-21-47(51)48-30-25-44(36-52(48)61)43-27-32-54-50(35-43)49-34-42(26-31-53(49)62-54)38-15-6-2-7-16-38/h1-36H. The molecule has 0 unspecified atom stereocenters. The molecule has 0 spiro atoms. The number of hydrogen-bond acceptors (Lipinski definition) is 4. The first-order chi connectivity index (χ1) is 30.7. The second kappa shape index (κ2) is 14.7. The van der Waals surface area contributed by atoms with Gasteiger partial charge in [0.05, 0.1) is 11.0 Å². The minimum atomic E-state index is 0.619. The number of benzene rings is 9. The fraction of sp³-hybridized carbons (Fsp3) is 0. The average molecular weight is 793 g/mol. The number of rotatable bonds is 7. The van der Waals surface area contributed by atoms with E-state index in [1.165, 1.54) is 21.9 Å². The summed E-state index contributed by atoms with van der Waals surface area (Å²) >= 11 is 0. The number of furan rings is 1. The van der Waals surface area contributed by atoms with Crippen LogP contribution in [0.5, 0.6) is 0 Å². The van der Waals surface area contributed by atoms with Crippen molar-refractivity contribution in [2.75, 3.05) is 0 Å². The van der Waals surface area contributed by atoms with Gasteiger partial charge in [-0.25, -0.2) is 15.0 Å². The smallest absolute Gasteiger partial charge is 0.164 e. The van der Waals surface area contributed by atoms with Crippen LogP contribution >= 0.6 is 0 Å². The Morgan fingerprint density at radius 1 is 0.274 bits per heavy atom. The molecule has 12 rings (SSSR count). The number of fused-ring (bicyclic) bond motifs is 6. The van der Waals surface area contributed by atoms with Gasteiger partial charge in [-0.15, -0.1) is 0 Å². The van der Waals surface area contributed by atoms with Crippen LogP contribution in [-0.4, -0.2) is 19.5 Å². The van der Waals surface area contributed by atoms with Crippen LogP contribution in [0.1, 0.15) is 0 Å². The van der Waals surface area contributed by atoms with Gasteiger partial charge in [-0.3, -0.25) is 0 Å². The third kappa shape index (κ3) is 6.23. The zero-order valence-corrected chi connectivity index (χ0v) is 33.5. The first kappa shape index (κ1) is 35.5. The van der Waals surface area contributed by atoms with Gasteiger partial charge in [-0.1, -0.05) is 152 Å². The van der Waals surface area contributed by atoms with Crippen LogP contribution in [0.25, 0.3) is 117 Å². The second-order valence-corrected chi connectivity index (χ2v) is 15.6. The number of nitrogens with zero attached hydrogens (tertiary/aromatic N) is 4. The lowest BCUT2D eigenvalue weighted by Gasteiger charge is -2.12. The summed E-state index contributed by atoms with van der Waals surface area (Å²) in [6, 6.07) is 76.4. The molecule has 0 aliphatic carbocycles. The summed E-state index contributed by atoms with van der Waals surface area (Å²) in [5.41, 5.74) is 14.7. The molecule has 0 fully saturated rings. The van der Waals surface area contributed by atoms with Crippen LogP contribution in [-0.2, 0) is 0 Å². The van der Waals surface area contributed by atoms with Gasteiger partial charge in [0.15, 0.2) is 17.5 Å². The monoisotopic (exact) mass is 792 g/mol. The summed E-state index contributed by atoms with van der Waals surface area (Å²) in [6.45, 7) is 0. The zero-order chi connectivity index (χ0) is 41.0. The van der Waals surface area contributed by atoms with E-state index >= 15 is 0 Å². The molecule has 0 atom stereocenters. The lowest BCUT2D eigenvalue weighted by molar-refractivity contribution is 0.669. The maximum Gasteiger partial charge on any atom is 0.164 e. The van der Waals surface area contributed by atoms with Crippen molar-refractivity contribution in [1.29, 1.82) is 0 Å². The maximum atomic E-state index is 6.33. The van der Waals surface area contributed by atoms with Crippen molar-refractivity contribution >= 4 is 43.7 Å². The van der Waals surface area contributed by atoms with Crippen molar-refractivity contribution in [3.05, 3.63) is 218 Å². The average Bonchev–Trinajstić information content (AvgIpc) is 3.89. The molecular formula is C57H36N4O. The summed E-state index contributed by atoms with van der Waals surface area (Å²) in [4.78, 5) is 15.1. The Balaban J connectivity index is 0.952. The van der Waals surface area contributed by atoms with E-state index in [-0.39, 0.29) is 0 Å². The summed E-state index contributed by atoms with van der Waals surface area (Å²) in [6.07, 6.45) is 0. The number of hydrogen-bond donors (Lipinski definition) is 0. The van der Waals surface area contributed by atoms with E-state index in [2.05, 4.69) is 187 Å². The van der Waals surface area contributed by atoms with Gasteiger partial charge in [0.2, 0.25) is 0 Å². The van der Waals surface area contributed by atoms with E-state index in [0.29, 0.717) is 17.5 Å². The molecule has 0 aliphatic rings. The van der Waals surface area contributed by atoms with Crippen LogP contribution in [0.4, 0.5) is 0 Å². The second-order valence-electron chi connectivity index (χ2n) is 15.6. The highest BCUT2D eigenvalue weighted by molar-refractivity contribution is 6.11. The van der Waals surface area contributed by atoms with Gasteiger partial charge < -0.3 is 8.98 Å². The highest BCUT2D eigenvalue weighted by Gasteiger charge is 2.17. The Morgan fingerprint density at radius 3 is 1.35 bits per heavy atom. The fourth-order valence-electron chi connectivity index (χ4n) is 8.77. The Labute approximate surface area is 357 Å². The normalized spacial score (nSPS) is 11.5. The molecule has 0 amide bonds. The van der Waals surface area contributed by atoms with Crippen LogP contribution < -0.4 is 0 Å². The lowest BCUT2D eigenvalue weighted by Crippen LogP contribution is -2.00. The van der Waals surface area contributed by atoms with E-state index in [1.807, 2.05) is 36.4 Å². The van der Waals surface area contributed by atoms with Gasteiger partial charge in [0.1, 0.15) is 11.2 Å². The first-order valence-electron chi connectivity index (χ1n) is 20.8. The minimum Gasteiger partial charge on any atom is -0.456 e. The Bertz CT molecular complexity index is 3610. The molecule has 0 radical (unpaired) electrons. The molecule has 5 heteroatoms. The van der Waals surface area contributed by atoms with E-state index < -0.39 is 0 Å². The molecule has 5 nitrogen and oxygen atoms in total. The Kier molecular flexibility index (Phi) is 8.42. The van der Waals surface area contributed by atoms with Crippen molar-refractivity contribution in [1.82, 2.24) is 19.5 Å². The molecule has 3 aromatic heterocycles. The summed E-state index contributed by atoms with van der Waals surface area (Å²) < 4.78 is 8.69. The van der Waals surface area contributed by atoms with Gasteiger partial charge in [-0.2, -0.15) is 0 Å². The topological polar surface area (TPSA) is 56.7 Å². The van der Waals surface area contributed by atoms with Crippen molar-refractivity contribution in [3.63, 3.8) is 0 Å². The summed E-state index contributed by atoms with van der Waals surface area (Å²) in [5.74, 6) is 1.88. The molecule has 12 aromatic rings. The van der Waals surface area contributed by atoms with Gasteiger partial charge in [0, 0.05) is 43.9 Å². The van der Waals surface area contributed by atoms with Crippen molar-refractivity contribution < 1.29 is 4.42 Å². The fourth-order valence-corrected chi connectivity index (χ4v) is 8.77. The third-order valence-corrected chi connectivity index (χ3v) is 11.9. The lowest BCUT2D eigenvalue weighted by atomic mass is 9.99. The molecule has 62 heavy (non-hydrogen) atoms. The molecule has 0 saturated carbocycles. The van der Waals surface area contributed by atoms with E-state index in [4.69, 9.17) is 19.4 Å². The maximum absolute atomic E-state index is 6.33. The predicted octanol–water partition coefficient (Wildman–Crippen LogP) is 14.9. The van der Waals surface area contributed by atoms with Gasteiger partial charge in [0.25, 0.3) is 0 Å². The first-order valence-corrected chi connectivity index (χ1v) is 20.8. The van der Waals surface area contributed by atoms with Crippen LogP contribution in [0.2, 0.25) is 0 Å². The van der Waals surface area contributed by atoms with Crippen LogP contribution in [0.15, 0.2) is 223 Å². The molecule has 290 valence electrons. The number of para-hydroxylation sites is 1. The molecule has 0 saturated heterocycles. The Morgan fingerprint density at radius 2 is 0.710 bits per heavy atom. The highest BCUT2D eigenvalue weighted by Crippen LogP contribution is 2.39. The number of aromatic nitrogens is 4. The van der Waals surface area contributed by atoms with Crippen molar-refractivity contribution in [2.24, 2.45) is 0 Å². The van der Waals surface area contributed by atoms with Crippen molar-refractivity contribution in [3.8, 4) is 73.2 Å². The summed E-state index contributed by atoms with van der Waals surface area (Å²) in [7, 11) is 0. The SMILES string of the molecule is c1ccc(-c2cccc(-c3nc(-c4ccccc4)nc(-c4ccc(-n5c6ccccc6c6ccc(-c7ccc8oc9ccc(-c%10ccccc%10)cc9c8c7)cc65)cc4)n3)c2)cc1.